The van der Waals surface area contributed by atoms with Gasteiger partial charge in [0.25, 0.3) is 0 Å². The Morgan fingerprint density at radius 1 is 1.33 bits per heavy atom. The molecule has 1 aromatic carbocycles. The van der Waals surface area contributed by atoms with Gasteiger partial charge in [0.1, 0.15) is 10.8 Å². The van der Waals surface area contributed by atoms with Gasteiger partial charge in [0.15, 0.2) is 0 Å². The minimum Gasteiger partial charge on any atom is -0.410 e. The standard InChI is InChI=1S/C13H14N2O2S/c1-9-10(2)18-12(15-9)8-14-13(16)17-11-6-4-3-5-7-11/h3-7H,8H2,1-2H3,(H,14,16). The number of benzene rings is 1. The number of para-hydroxylation sites is 1. The third kappa shape index (κ3) is 3.30. The van der Waals surface area contributed by atoms with Gasteiger partial charge in [0.05, 0.1) is 12.2 Å². The van der Waals surface area contributed by atoms with Gasteiger partial charge >= 0.3 is 6.09 Å². The SMILES string of the molecule is Cc1nc(CNC(=O)Oc2ccccc2)sc1C. The molecule has 0 fully saturated rings. The van der Waals surface area contributed by atoms with Crippen molar-refractivity contribution in [3.8, 4) is 5.75 Å². The van der Waals surface area contributed by atoms with Crippen molar-refractivity contribution in [2.75, 3.05) is 0 Å². The summed E-state index contributed by atoms with van der Waals surface area (Å²) < 4.78 is 5.10. The van der Waals surface area contributed by atoms with Gasteiger partial charge in [-0.2, -0.15) is 0 Å². The first-order chi connectivity index (χ1) is 8.65. The first-order valence-electron chi connectivity index (χ1n) is 5.59. The van der Waals surface area contributed by atoms with Gasteiger partial charge in [0.2, 0.25) is 0 Å². The molecule has 4 nitrogen and oxygen atoms in total. The van der Waals surface area contributed by atoms with Crippen LogP contribution < -0.4 is 10.1 Å². The number of carbonyl (C=O) groups is 1. The van der Waals surface area contributed by atoms with Crippen LogP contribution in [0, 0.1) is 13.8 Å². The number of carbonyl (C=O) groups excluding carboxylic acids is 1. The molecule has 0 saturated heterocycles. The lowest BCUT2D eigenvalue weighted by molar-refractivity contribution is 0.200. The minimum atomic E-state index is -0.466. The summed E-state index contributed by atoms with van der Waals surface area (Å²) in [6, 6.07) is 8.97. The molecule has 0 saturated carbocycles. The van der Waals surface area contributed by atoms with E-state index < -0.39 is 6.09 Å². The molecule has 0 bridgehead atoms. The molecule has 0 unspecified atom stereocenters. The van der Waals surface area contributed by atoms with Gasteiger partial charge in [-0.3, -0.25) is 0 Å². The summed E-state index contributed by atoms with van der Waals surface area (Å²) in [6.07, 6.45) is -0.466. The van der Waals surface area contributed by atoms with Crippen molar-refractivity contribution in [3.05, 3.63) is 45.9 Å². The zero-order valence-electron chi connectivity index (χ0n) is 10.3. The fourth-order valence-corrected chi connectivity index (χ4v) is 2.27. The van der Waals surface area contributed by atoms with Crippen LogP contribution in [0.3, 0.4) is 0 Å². The Labute approximate surface area is 110 Å². The van der Waals surface area contributed by atoms with Gasteiger partial charge in [-0.15, -0.1) is 11.3 Å². The van der Waals surface area contributed by atoms with E-state index in [9.17, 15) is 4.79 Å². The molecule has 0 aliphatic rings. The number of thiazole rings is 1. The predicted molar refractivity (Wildman–Crippen MR) is 70.9 cm³/mol. The smallest absolute Gasteiger partial charge is 0.410 e. The summed E-state index contributed by atoms with van der Waals surface area (Å²) in [4.78, 5) is 17.0. The quantitative estimate of drug-likeness (QED) is 0.925. The molecular formula is C13H14N2O2S. The highest BCUT2D eigenvalue weighted by atomic mass is 32.1. The number of amides is 1. The molecule has 0 radical (unpaired) electrons. The van der Waals surface area contributed by atoms with Crippen molar-refractivity contribution in [2.45, 2.75) is 20.4 Å². The Morgan fingerprint density at radius 3 is 2.67 bits per heavy atom. The molecule has 94 valence electrons. The summed E-state index contributed by atoms with van der Waals surface area (Å²) in [6.45, 7) is 4.36. The van der Waals surface area contributed by atoms with E-state index in [1.54, 1.807) is 23.5 Å². The van der Waals surface area contributed by atoms with Crippen molar-refractivity contribution >= 4 is 17.4 Å². The third-order valence-electron chi connectivity index (χ3n) is 2.41. The second-order valence-corrected chi connectivity index (χ2v) is 5.09. The second kappa shape index (κ2) is 5.64. The largest absolute Gasteiger partial charge is 0.412 e. The van der Waals surface area contributed by atoms with Crippen LogP contribution >= 0.6 is 11.3 Å². The summed E-state index contributed by atoms with van der Waals surface area (Å²) in [5, 5.41) is 3.56. The number of hydrogen-bond donors (Lipinski definition) is 1. The van der Waals surface area contributed by atoms with Gasteiger partial charge in [-0.05, 0) is 26.0 Å². The molecule has 1 amide bonds. The Balaban J connectivity index is 1.85. The highest BCUT2D eigenvalue weighted by molar-refractivity contribution is 7.11. The van der Waals surface area contributed by atoms with Crippen molar-refractivity contribution in [3.63, 3.8) is 0 Å². The van der Waals surface area contributed by atoms with Gasteiger partial charge in [0, 0.05) is 4.88 Å². The molecule has 1 heterocycles. The highest BCUT2D eigenvalue weighted by Gasteiger charge is 2.07. The van der Waals surface area contributed by atoms with Crippen LogP contribution in [0.25, 0.3) is 0 Å². The average Bonchev–Trinajstić information content (AvgIpc) is 2.68. The normalized spacial score (nSPS) is 10.1. The van der Waals surface area contributed by atoms with Crippen LogP contribution in [-0.2, 0) is 6.54 Å². The summed E-state index contributed by atoms with van der Waals surface area (Å²) in [5.74, 6) is 0.529. The molecule has 0 aliphatic carbocycles. The van der Waals surface area contributed by atoms with Crippen LogP contribution in [0.2, 0.25) is 0 Å². The highest BCUT2D eigenvalue weighted by Crippen LogP contribution is 2.16. The lowest BCUT2D eigenvalue weighted by Crippen LogP contribution is -2.26. The van der Waals surface area contributed by atoms with Crippen LogP contribution in [0.15, 0.2) is 30.3 Å². The fourth-order valence-electron chi connectivity index (χ4n) is 1.39. The number of aromatic nitrogens is 1. The van der Waals surface area contributed by atoms with Gasteiger partial charge < -0.3 is 10.1 Å². The third-order valence-corrected chi connectivity index (χ3v) is 3.48. The number of nitrogens with zero attached hydrogens (tertiary/aromatic N) is 1. The minimum absolute atomic E-state index is 0.394. The number of aryl methyl sites for hydroxylation is 2. The predicted octanol–water partition coefficient (Wildman–Crippen LogP) is 3.05. The van der Waals surface area contributed by atoms with Gasteiger partial charge in [-0.1, -0.05) is 18.2 Å². The maximum atomic E-state index is 11.5. The topological polar surface area (TPSA) is 51.2 Å². The molecule has 0 atom stereocenters. The van der Waals surface area contributed by atoms with E-state index in [0.29, 0.717) is 12.3 Å². The Bertz CT molecular complexity index is 518. The van der Waals surface area contributed by atoms with E-state index in [0.717, 1.165) is 10.7 Å². The zero-order valence-corrected chi connectivity index (χ0v) is 11.1. The maximum Gasteiger partial charge on any atom is 0.412 e. The van der Waals surface area contributed by atoms with Crippen LogP contribution in [0.1, 0.15) is 15.6 Å². The number of rotatable bonds is 3. The number of nitrogens with one attached hydrogen (secondary N) is 1. The van der Waals surface area contributed by atoms with Crippen molar-refractivity contribution in [2.24, 2.45) is 0 Å². The molecule has 1 N–H and O–H groups in total. The molecular weight excluding hydrogens is 248 g/mol. The molecule has 2 aromatic rings. The van der Waals surface area contributed by atoms with E-state index in [-0.39, 0.29) is 0 Å². The van der Waals surface area contributed by atoms with E-state index in [1.807, 2.05) is 32.0 Å². The lowest BCUT2D eigenvalue weighted by atomic mass is 10.3. The Morgan fingerprint density at radius 2 is 2.06 bits per heavy atom. The first kappa shape index (κ1) is 12.6. The number of ether oxygens (including phenoxy) is 1. The Kier molecular flexibility index (Phi) is 3.94. The van der Waals surface area contributed by atoms with E-state index in [1.165, 1.54) is 4.88 Å². The zero-order chi connectivity index (χ0) is 13.0. The van der Waals surface area contributed by atoms with Crippen molar-refractivity contribution in [1.82, 2.24) is 10.3 Å². The molecule has 18 heavy (non-hydrogen) atoms. The maximum absolute atomic E-state index is 11.5. The number of hydrogen-bond acceptors (Lipinski definition) is 4. The summed E-state index contributed by atoms with van der Waals surface area (Å²) in [5.41, 5.74) is 1.01. The molecule has 2 rings (SSSR count). The summed E-state index contributed by atoms with van der Waals surface area (Å²) >= 11 is 1.58. The van der Waals surface area contributed by atoms with Crippen LogP contribution in [0.5, 0.6) is 5.75 Å². The van der Waals surface area contributed by atoms with E-state index in [2.05, 4.69) is 10.3 Å². The van der Waals surface area contributed by atoms with Gasteiger partial charge in [-0.25, -0.2) is 9.78 Å². The first-order valence-corrected chi connectivity index (χ1v) is 6.40. The molecule has 5 heteroatoms. The van der Waals surface area contributed by atoms with Crippen molar-refractivity contribution in [1.29, 1.82) is 0 Å². The second-order valence-electron chi connectivity index (χ2n) is 3.81. The van der Waals surface area contributed by atoms with E-state index >= 15 is 0 Å². The lowest BCUT2D eigenvalue weighted by Gasteiger charge is -2.04. The molecule has 0 spiro atoms. The fraction of sp³-hybridized carbons (Fsp3) is 0.231. The molecule has 1 aromatic heterocycles. The summed E-state index contributed by atoms with van der Waals surface area (Å²) in [7, 11) is 0. The Hall–Kier alpha value is -1.88. The molecule has 0 aliphatic heterocycles. The monoisotopic (exact) mass is 262 g/mol. The van der Waals surface area contributed by atoms with Crippen LogP contribution in [0.4, 0.5) is 4.79 Å². The average molecular weight is 262 g/mol. The van der Waals surface area contributed by atoms with Crippen molar-refractivity contribution < 1.29 is 9.53 Å². The van der Waals surface area contributed by atoms with Crippen LogP contribution in [-0.4, -0.2) is 11.1 Å². The van der Waals surface area contributed by atoms with E-state index in [4.69, 9.17) is 4.74 Å².